The largest absolute Gasteiger partial charge is 0.356 e. The van der Waals surface area contributed by atoms with E-state index in [9.17, 15) is 9.59 Å². The highest BCUT2D eigenvalue weighted by molar-refractivity contribution is 5.96. The smallest absolute Gasteiger partial charge is 0.232 e. The molecule has 2 rings (SSSR count). The molecule has 1 fully saturated rings. The topological polar surface area (TPSA) is 52.7 Å². The van der Waals surface area contributed by atoms with E-state index in [0.29, 0.717) is 6.54 Å². The van der Waals surface area contributed by atoms with Gasteiger partial charge >= 0.3 is 0 Å². The lowest BCUT2D eigenvalue weighted by atomic mass is 10.1. The number of aryl methyl sites for hydroxylation is 1. The predicted molar refractivity (Wildman–Crippen MR) is 91.1 cm³/mol. The summed E-state index contributed by atoms with van der Waals surface area (Å²) in [5.74, 6) is -0.220. The van der Waals surface area contributed by atoms with E-state index in [4.69, 9.17) is 0 Å². The SMILES string of the molecule is CCN1CCN(C(=O)CC(=O)NCCCc2ccccc2)CC1. The maximum atomic E-state index is 12.1. The van der Waals surface area contributed by atoms with Gasteiger partial charge < -0.3 is 15.1 Å². The molecule has 0 atom stereocenters. The number of rotatable bonds is 7. The summed E-state index contributed by atoms with van der Waals surface area (Å²) >= 11 is 0. The van der Waals surface area contributed by atoms with Gasteiger partial charge in [0.1, 0.15) is 6.42 Å². The van der Waals surface area contributed by atoms with Gasteiger partial charge in [-0.1, -0.05) is 37.3 Å². The Morgan fingerprint density at radius 3 is 2.43 bits per heavy atom. The fourth-order valence-corrected chi connectivity index (χ4v) is 2.79. The third-order valence-electron chi connectivity index (χ3n) is 4.29. The zero-order valence-corrected chi connectivity index (χ0v) is 14.0. The maximum absolute atomic E-state index is 12.1. The van der Waals surface area contributed by atoms with Crippen molar-refractivity contribution in [2.45, 2.75) is 26.2 Å². The zero-order valence-electron chi connectivity index (χ0n) is 14.0. The number of amides is 2. The van der Waals surface area contributed by atoms with Crippen LogP contribution in [0.5, 0.6) is 0 Å². The molecular weight excluding hydrogens is 290 g/mol. The number of piperazine rings is 1. The van der Waals surface area contributed by atoms with E-state index < -0.39 is 0 Å². The molecule has 0 radical (unpaired) electrons. The summed E-state index contributed by atoms with van der Waals surface area (Å²) in [5.41, 5.74) is 1.27. The number of nitrogens with one attached hydrogen (secondary N) is 1. The summed E-state index contributed by atoms with van der Waals surface area (Å²) < 4.78 is 0. The molecule has 0 saturated carbocycles. The fraction of sp³-hybridized carbons (Fsp3) is 0.556. The average molecular weight is 317 g/mol. The molecular formula is C18H27N3O2. The first-order chi connectivity index (χ1) is 11.2. The number of hydrogen-bond donors (Lipinski definition) is 1. The van der Waals surface area contributed by atoms with Crippen molar-refractivity contribution >= 4 is 11.8 Å². The van der Waals surface area contributed by atoms with Gasteiger partial charge in [0, 0.05) is 32.7 Å². The summed E-state index contributed by atoms with van der Waals surface area (Å²) in [6, 6.07) is 10.2. The quantitative estimate of drug-likeness (QED) is 0.609. The van der Waals surface area contributed by atoms with Gasteiger partial charge in [-0.25, -0.2) is 0 Å². The zero-order chi connectivity index (χ0) is 16.5. The third-order valence-corrected chi connectivity index (χ3v) is 4.29. The van der Waals surface area contributed by atoms with E-state index in [1.165, 1.54) is 5.56 Å². The van der Waals surface area contributed by atoms with Crippen molar-refractivity contribution in [3.63, 3.8) is 0 Å². The summed E-state index contributed by atoms with van der Waals surface area (Å²) in [4.78, 5) is 28.1. The van der Waals surface area contributed by atoms with Gasteiger partial charge in [-0.15, -0.1) is 0 Å². The van der Waals surface area contributed by atoms with Crippen LogP contribution in [0.2, 0.25) is 0 Å². The van der Waals surface area contributed by atoms with E-state index in [1.54, 1.807) is 4.90 Å². The number of carbonyl (C=O) groups excluding carboxylic acids is 2. The summed E-state index contributed by atoms with van der Waals surface area (Å²) in [6.45, 7) is 7.03. The standard InChI is InChI=1S/C18H27N3O2/c1-2-20-11-13-21(14-12-20)18(23)15-17(22)19-10-6-9-16-7-4-3-5-8-16/h3-5,7-8H,2,6,9-15H2,1H3,(H,19,22). The van der Waals surface area contributed by atoms with Crippen LogP contribution in [0.4, 0.5) is 0 Å². The van der Waals surface area contributed by atoms with Crippen molar-refractivity contribution in [1.29, 1.82) is 0 Å². The Labute approximate surface area is 138 Å². The van der Waals surface area contributed by atoms with Crippen molar-refractivity contribution in [3.05, 3.63) is 35.9 Å². The minimum absolute atomic E-state index is 0.0303. The monoisotopic (exact) mass is 317 g/mol. The van der Waals surface area contributed by atoms with Gasteiger partial charge in [0.25, 0.3) is 0 Å². The molecule has 2 amide bonds. The molecule has 0 spiro atoms. The summed E-state index contributed by atoms with van der Waals surface area (Å²) in [7, 11) is 0. The van der Waals surface area contributed by atoms with Crippen LogP contribution in [-0.2, 0) is 16.0 Å². The second-order valence-corrected chi connectivity index (χ2v) is 5.93. The highest BCUT2D eigenvalue weighted by atomic mass is 16.2. The molecule has 1 N–H and O–H groups in total. The van der Waals surface area contributed by atoms with Crippen LogP contribution < -0.4 is 5.32 Å². The number of benzene rings is 1. The highest BCUT2D eigenvalue weighted by Gasteiger charge is 2.21. The maximum Gasteiger partial charge on any atom is 0.232 e. The molecule has 1 aliphatic rings. The van der Waals surface area contributed by atoms with Gasteiger partial charge in [0.05, 0.1) is 0 Å². The van der Waals surface area contributed by atoms with Crippen LogP contribution in [-0.4, -0.2) is 60.9 Å². The Hall–Kier alpha value is -1.88. The van der Waals surface area contributed by atoms with Crippen LogP contribution in [0.3, 0.4) is 0 Å². The Kier molecular flexibility index (Phi) is 7.07. The van der Waals surface area contributed by atoms with E-state index in [1.807, 2.05) is 18.2 Å². The molecule has 1 heterocycles. The van der Waals surface area contributed by atoms with E-state index >= 15 is 0 Å². The van der Waals surface area contributed by atoms with E-state index in [-0.39, 0.29) is 18.2 Å². The lowest BCUT2D eigenvalue weighted by molar-refractivity contribution is -0.137. The first-order valence-electron chi connectivity index (χ1n) is 8.49. The Morgan fingerprint density at radius 1 is 1.09 bits per heavy atom. The molecule has 126 valence electrons. The highest BCUT2D eigenvalue weighted by Crippen LogP contribution is 2.04. The van der Waals surface area contributed by atoms with Crippen LogP contribution >= 0.6 is 0 Å². The fourth-order valence-electron chi connectivity index (χ4n) is 2.79. The molecule has 1 saturated heterocycles. The van der Waals surface area contributed by atoms with E-state index in [0.717, 1.165) is 45.6 Å². The molecule has 0 unspecified atom stereocenters. The van der Waals surface area contributed by atoms with Crippen LogP contribution in [0.1, 0.15) is 25.3 Å². The van der Waals surface area contributed by atoms with Gasteiger partial charge in [-0.2, -0.15) is 0 Å². The second kappa shape index (κ2) is 9.30. The predicted octanol–water partition coefficient (Wildman–Crippen LogP) is 1.29. The Morgan fingerprint density at radius 2 is 1.78 bits per heavy atom. The van der Waals surface area contributed by atoms with E-state index in [2.05, 4.69) is 29.3 Å². The number of carbonyl (C=O) groups is 2. The van der Waals surface area contributed by atoms with Crippen LogP contribution in [0.25, 0.3) is 0 Å². The summed E-state index contributed by atoms with van der Waals surface area (Å²) in [5, 5.41) is 2.85. The lowest BCUT2D eigenvalue weighted by Crippen LogP contribution is -2.49. The van der Waals surface area contributed by atoms with Gasteiger partial charge in [0.2, 0.25) is 11.8 Å². The molecule has 1 aromatic rings. The summed E-state index contributed by atoms with van der Waals surface area (Å²) in [6.07, 6.45) is 1.80. The van der Waals surface area contributed by atoms with Crippen molar-refractivity contribution in [2.24, 2.45) is 0 Å². The molecule has 5 heteroatoms. The van der Waals surface area contributed by atoms with Gasteiger partial charge in [-0.05, 0) is 24.9 Å². The van der Waals surface area contributed by atoms with Crippen LogP contribution in [0.15, 0.2) is 30.3 Å². The first kappa shape index (κ1) is 17.5. The van der Waals surface area contributed by atoms with Crippen molar-refractivity contribution in [1.82, 2.24) is 15.1 Å². The lowest BCUT2D eigenvalue weighted by Gasteiger charge is -2.33. The van der Waals surface area contributed by atoms with Crippen molar-refractivity contribution < 1.29 is 9.59 Å². The first-order valence-corrected chi connectivity index (χ1v) is 8.49. The molecule has 5 nitrogen and oxygen atoms in total. The Balaban J connectivity index is 1.60. The molecule has 0 aromatic heterocycles. The second-order valence-electron chi connectivity index (χ2n) is 5.93. The van der Waals surface area contributed by atoms with Gasteiger partial charge in [-0.3, -0.25) is 9.59 Å². The molecule has 0 aliphatic carbocycles. The minimum Gasteiger partial charge on any atom is -0.356 e. The van der Waals surface area contributed by atoms with Gasteiger partial charge in [0.15, 0.2) is 0 Å². The minimum atomic E-state index is -0.166. The van der Waals surface area contributed by atoms with Crippen molar-refractivity contribution in [2.75, 3.05) is 39.3 Å². The number of nitrogens with zero attached hydrogens (tertiary/aromatic N) is 2. The molecule has 23 heavy (non-hydrogen) atoms. The number of likely N-dealkylation sites (N-methyl/N-ethyl adjacent to an activating group) is 1. The normalized spacial score (nSPS) is 15.4. The molecule has 1 aromatic carbocycles. The van der Waals surface area contributed by atoms with Crippen LogP contribution in [0, 0.1) is 0 Å². The number of hydrogen-bond acceptors (Lipinski definition) is 3. The Bertz CT molecular complexity index is 496. The third kappa shape index (κ3) is 6.02. The van der Waals surface area contributed by atoms with Crippen molar-refractivity contribution in [3.8, 4) is 0 Å². The molecule has 0 bridgehead atoms. The average Bonchev–Trinajstić information content (AvgIpc) is 2.59. The molecule has 1 aliphatic heterocycles.